The Morgan fingerprint density at radius 2 is 2.20 bits per heavy atom. The van der Waals surface area contributed by atoms with Crippen molar-refractivity contribution >= 4 is 33.2 Å². The molecule has 0 fully saturated rings. The Morgan fingerprint density at radius 3 is 2.80 bits per heavy atom. The minimum absolute atomic E-state index is 0.0427. The van der Waals surface area contributed by atoms with Gasteiger partial charge < -0.3 is 14.7 Å². The highest BCUT2D eigenvalue weighted by atomic mass is 79.9. The summed E-state index contributed by atoms with van der Waals surface area (Å²) < 4.78 is 5.87. The molecule has 20 heavy (non-hydrogen) atoms. The Balaban J connectivity index is 2.14. The van der Waals surface area contributed by atoms with Gasteiger partial charge in [0.25, 0.3) is 5.91 Å². The van der Waals surface area contributed by atoms with Crippen LogP contribution in [-0.2, 0) is 6.54 Å². The van der Waals surface area contributed by atoms with Crippen molar-refractivity contribution in [1.82, 2.24) is 4.90 Å². The SMILES string of the molecule is COc1cc(CN(C)C(=O)c2sccc2Br)ccc1O. The second-order valence-electron chi connectivity index (χ2n) is 4.27. The fraction of sp³-hybridized carbons (Fsp3) is 0.214. The first kappa shape index (κ1) is 14.9. The lowest BCUT2D eigenvalue weighted by Gasteiger charge is -2.17. The van der Waals surface area contributed by atoms with Gasteiger partial charge in [0, 0.05) is 18.1 Å². The van der Waals surface area contributed by atoms with E-state index in [-0.39, 0.29) is 11.7 Å². The minimum atomic E-state index is -0.0427. The number of rotatable bonds is 4. The number of ether oxygens (including phenoxy) is 1. The fourth-order valence-electron chi connectivity index (χ4n) is 1.79. The van der Waals surface area contributed by atoms with E-state index in [0.717, 1.165) is 10.0 Å². The molecular formula is C14H14BrNO3S. The average molecular weight is 356 g/mol. The highest BCUT2D eigenvalue weighted by Gasteiger charge is 2.16. The van der Waals surface area contributed by atoms with E-state index in [1.807, 2.05) is 11.4 Å². The number of hydrogen-bond donors (Lipinski definition) is 1. The van der Waals surface area contributed by atoms with E-state index < -0.39 is 0 Å². The number of methoxy groups -OCH3 is 1. The zero-order valence-electron chi connectivity index (χ0n) is 11.1. The molecule has 2 rings (SSSR count). The van der Waals surface area contributed by atoms with Crippen molar-refractivity contribution in [2.24, 2.45) is 0 Å². The van der Waals surface area contributed by atoms with Crippen LogP contribution in [0.1, 0.15) is 15.2 Å². The summed E-state index contributed by atoms with van der Waals surface area (Å²) in [6.07, 6.45) is 0. The van der Waals surface area contributed by atoms with Crippen LogP contribution in [0.25, 0.3) is 0 Å². The first-order valence-corrected chi connectivity index (χ1v) is 7.54. The predicted octanol–water partition coefficient (Wildman–Crippen LogP) is 3.50. The van der Waals surface area contributed by atoms with Gasteiger partial charge in [-0.2, -0.15) is 0 Å². The first-order chi connectivity index (χ1) is 9.52. The van der Waals surface area contributed by atoms with Gasteiger partial charge in [-0.3, -0.25) is 4.79 Å². The first-order valence-electron chi connectivity index (χ1n) is 5.87. The smallest absolute Gasteiger partial charge is 0.265 e. The van der Waals surface area contributed by atoms with E-state index in [1.54, 1.807) is 30.1 Å². The standard InChI is InChI=1S/C14H14BrNO3S/c1-16(14(18)13-10(15)5-6-20-13)8-9-3-4-11(17)12(7-9)19-2/h3-7,17H,8H2,1-2H3. The highest BCUT2D eigenvalue weighted by Crippen LogP contribution is 2.28. The molecule has 1 aromatic heterocycles. The second kappa shape index (κ2) is 6.28. The molecule has 0 saturated heterocycles. The third-order valence-corrected chi connectivity index (χ3v) is 4.65. The number of aromatic hydroxyl groups is 1. The third kappa shape index (κ3) is 3.13. The molecule has 106 valence electrons. The molecule has 1 heterocycles. The Kier molecular flexibility index (Phi) is 4.67. The molecule has 0 saturated carbocycles. The summed E-state index contributed by atoms with van der Waals surface area (Å²) >= 11 is 4.77. The number of carbonyl (C=O) groups excluding carboxylic acids is 1. The normalized spacial score (nSPS) is 10.3. The van der Waals surface area contributed by atoms with Gasteiger partial charge in [-0.25, -0.2) is 0 Å². The van der Waals surface area contributed by atoms with Crippen molar-refractivity contribution in [3.8, 4) is 11.5 Å². The van der Waals surface area contributed by atoms with Crippen LogP contribution in [-0.4, -0.2) is 30.1 Å². The largest absolute Gasteiger partial charge is 0.504 e. The summed E-state index contributed by atoms with van der Waals surface area (Å²) in [5.41, 5.74) is 0.892. The highest BCUT2D eigenvalue weighted by molar-refractivity contribution is 9.10. The van der Waals surface area contributed by atoms with Gasteiger partial charge in [-0.15, -0.1) is 11.3 Å². The number of benzene rings is 1. The van der Waals surface area contributed by atoms with Crippen LogP contribution >= 0.6 is 27.3 Å². The van der Waals surface area contributed by atoms with E-state index >= 15 is 0 Å². The van der Waals surface area contributed by atoms with E-state index in [9.17, 15) is 9.90 Å². The van der Waals surface area contributed by atoms with Crippen LogP contribution in [0, 0.1) is 0 Å². The van der Waals surface area contributed by atoms with E-state index in [1.165, 1.54) is 18.4 Å². The topological polar surface area (TPSA) is 49.8 Å². The fourth-order valence-corrected chi connectivity index (χ4v) is 3.32. The number of halogens is 1. The molecule has 0 radical (unpaired) electrons. The summed E-state index contributed by atoms with van der Waals surface area (Å²) in [6.45, 7) is 0.444. The summed E-state index contributed by atoms with van der Waals surface area (Å²) in [5.74, 6) is 0.450. The van der Waals surface area contributed by atoms with Gasteiger partial charge in [-0.05, 0) is 45.1 Å². The molecular weight excluding hydrogens is 342 g/mol. The third-order valence-electron chi connectivity index (χ3n) is 2.82. The lowest BCUT2D eigenvalue weighted by molar-refractivity contribution is 0.0789. The molecule has 6 heteroatoms. The number of carbonyl (C=O) groups is 1. The Bertz CT molecular complexity index is 627. The monoisotopic (exact) mass is 355 g/mol. The number of thiophene rings is 1. The van der Waals surface area contributed by atoms with Gasteiger partial charge in [0.1, 0.15) is 4.88 Å². The molecule has 1 aromatic carbocycles. The minimum Gasteiger partial charge on any atom is -0.504 e. The molecule has 1 amide bonds. The van der Waals surface area contributed by atoms with Crippen LogP contribution in [0.2, 0.25) is 0 Å². The molecule has 0 spiro atoms. The van der Waals surface area contributed by atoms with Gasteiger partial charge in [0.2, 0.25) is 0 Å². The molecule has 0 aliphatic heterocycles. The van der Waals surface area contributed by atoms with Crippen molar-refractivity contribution < 1.29 is 14.6 Å². The van der Waals surface area contributed by atoms with Gasteiger partial charge in [-0.1, -0.05) is 6.07 Å². The number of phenolic OH excluding ortho intramolecular Hbond substituents is 1. The van der Waals surface area contributed by atoms with Gasteiger partial charge >= 0.3 is 0 Å². The van der Waals surface area contributed by atoms with E-state index in [2.05, 4.69) is 15.9 Å². The maximum Gasteiger partial charge on any atom is 0.265 e. The maximum atomic E-state index is 12.3. The number of phenols is 1. The molecule has 1 N–H and O–H groups in total. The summed E-state index contributed by atoms with van der Waals surface area (Å²) in [5, 5.41) is 11.4. The lowest BCUT2D eigenvalue weighted by atomic mass is 10.2. The molecule has 0 aliphatic rings. The summed E-state index contributed by atoms with van der Waals surface area (Å²) in [4.78, 5) is 14.6. The van der Waals surface area contributed by atoms with Crippen molar-refractivity contribution in [3.05, 3.63) is 44.6 Å². The van der Waals surface area contributed by atoms with Crippen LogP contribution in [0.15, 0.2) is 34.1 Å². The van der Waals surface area contributed by atoms with Crippen molar-refractivity contribution in [2.45, 2.75) is 6.54 Å². The Morgan fingerprint density at radius 1 is 1.45 bits per heavy atom. The predicted molar refractivity (Wildman–Crippen MR) is 82.5 cm³/mol. The summed E-state index contributed by atoms with van der Waals surface area (Å²) in [6, 6.07) is 6.91. The van der Waals surface area contributed by atoms with E-state index in [4.69, 9.17) is 4.74 Å². The maximum absolute atomic E-state index is 12.3. The summed E-state index contributed by atoms with van der Waals surface area (Å²) in [7, 11) is 3.24. The van der Waals surface area contributed by atoms with Crippen molar-refractivity contribution in [1.29, 1.82) is 0 Å². The van der Waals surface area contributed by atoms with Gasteiger partial charge in [0.05, 0.1) is 7.11 Å². The molecule has 0 atom stereocenters. The number of hydrogen-bond acceptors (Lipinski definition) is 4. The molecule has 0 bridgehead atoms. The molecule has 0 unspecified atom stereocenters. The van der Waals surface area contributed by atoms with Crippen molar-refractivity contribution in [2.75, 3.05) is 14.2 Å². The molecule has 0 aliphatic carbocycles. The Hall–Kier alpha value is -1.53. The van der Waals surface area contributed by atoms with E-state index in [0.29, 0.717) is 17.2 Å². The average Bonchev–Trinajstić information content (AvgIpc) is 2.86. The zero-order chi connectivity index (χ0) is 14.7. The second-order valence-corrected chi connectivity index (χ2v) is 6.04. The van der Waals surface area contributed by atoms with Gasteiger partial charge in [0.15, 0.2) is 11.5 Å². The zero-order valence-corrected chi connectivity index (χ0v) is 13.5. The van der Waals surface area contributed by atoms with Crippen LogP contribution in [0.3, 0.4) is 0 Å². The van der Waals surface area contributed by atoms with Crippen LogP contribution in [0.5, 0.6) is 11.5 Å². The number of amides is 1. The molecule has 2 aromatic rings. The lowest BCUT2D eigenvalue weighted by Crippen LogP contribution is -2.25. The molecule has 4 nitrogen and oxygen atoms in total. The quantitative estimate of drug-likeness (QED) is 0.912. The number of nitrogens with zero attached hydrogens (tertiary/aromatic N) is 1. The van der Waals surface area contributed by atoms with Crippen LogP contribution in [0.4, 0.5) is 0 Å². The van der Waals surface area contributed by atoms with Crippen LogP contribution < -0.4 is 4.74 Å². The van der Waals surface area contributed by atoms with Crippen molar-refractivity contribution in [3.63, 3.8) is 0 Å². The Labute approximate surface area is 129 Å².